The number of likely N-dealkylation sites (tertiary alicyclic amines) is 1. The molecule has 1 aliphatic heterocycles. The van der Waals surface area contributed by atoms with Crippen LogP contribution in [0.1, 0.15) is 49.9 Å². The third kappa shape index (κ3) is 4.56. The quantitative estimate of drug-likeness (QED) is 0.604. The molecule has 1 aromatic carbocycles. The van der Waals surface area contributed by atoms with E-state index in [4.69, 9.17) is 9.47 Å². The predicted molar refractivity (Wildman–Crippen MR) is 110 cm³/mol. The zero-order valence-electron chi connectivity index (χ0n) is 16.6. The molecule has 2 aliphatic rings. The summed E-state index contributed by atoms with van der Waals surface area (Å²) in [6.45, 7) is 7.52. The van der Waals surface area contributed by atoms with Crippen LogP contribution in [0.15, 0.2) is 28.7 Å². The van der Waals surface area contributed by atoms with Crippen molar-refractivity contribution in [2.45, 2.75) is 57.4 Å². The molecular weight excluding hydrogens is 408 g/mol. The number of hydrogen-bond donors (Lipinski definition) is 0. The Morgan fingerprint density at radius 1 is 1.22 bits per heavy atom. The van der Waals surface area contributed by atoms with Crippen molar-refractivity contribution >= 4 is 21.8 Å². The molecule has 1 saturated carbocycles. The number of nitrogens with zero attached hydrogens (tertiary/aromatic N) is 2. The van der Waals surface area contributed by atoms with E-state index in [1.54, 1.807) is 0 Å². The van der Waals surface area contributed by atoms with E-state index < -0.39 is 5.79 Å². The second-order valence-corrected chi connectivity index (χ2v) is 8.38. The van der Waals surface area contributed by atoms with Gasteiger partial charge in [-0.05, 0) is 64.0 Å². The van der Waals surface area contributed by atoms with Crippen LogP contribution in [0.25, 0.3) is 0 Å². The first kappa shape index (κ1) is 20.8. The minimum absolute atomic E-state index is 0.0818. The summed E-state index contributed by atoms with van der Waals surface area (Å²) in [5, 5.41) is 0. The highest BCUT2D eigenvalue weighted by atomic mass is 79.9. The van der Waals surface area contributed by atoms with E-state index in [0.29, 0.717) is 13.2 Å². The highest BCUT2D eigenvalue weighted by Crippen LogP contribution is 2.39. The molecule has 0 radical (unpaired) electrons. The fraction of sp³-hybridized carbons (Fsp3) is 0.667. The number of ether oxygens (including phenoxy) is 2. The van der Waals surface area contributed by atoms with Crippen molar-refractivity contribution in [1.82, 2.24) is 9.80 Å². The van der Waals surface area contributed by atoms with E-state index in [9.17, 15) is 4.79 Å². The van der Waals surface area contributed by atoms with E-state index in [1.807, 2.05) is 50.1 Å². The molecule has 1 heterocycles. The Kier molecular flexibility index (Phi) is 6.95. The van der Waals surface area contributed by atoms with E-state index in [-0.39, 0.29) is 18.0 Å². The van der Waals surface area contributed by atoms with Crippen LogP contribution in [0.4, 0.5) is 0 Å². The molecule has 0 spiro atoms. The van der Waals surface area contributed by atoms with Gasteiger partial charge >= 0.3 is 0 Å². The number of carbonyl (C=O) groups excluding carboxylic acids is 1. The van der Waals surface area contributed by atoms with E-state index in [0.717, 1.165) is 42.4 Å². The van der Waals surface area contributed by atoms with E-state index >= 15 is 0 Å². The van der Waals surface area contributed by atoms with E-state index in [2.05, 4.69) is 20.8 Å². The number of halogens is 1. The maximum Gasteiger partial charge on any atom is 0.253 e. The van der Waals surface area contributed by atoms with Gasteiger partial charge in [-0.1, -0.05) is 15.9 Å². The van der Waals surface area contributed by atoms with Crippen LogP contribution in [0, 0.1) is 0 Å². The first-order valence-electron chi connectivity index (χ1n) is 10.0. The van der Waals surface area contributed by atoms with Crippen LogP contribution in [0.5, 0.6) is 0 Å². The van der Waals surface area contributed by atoms with Crippen molar-refractivity contribution in [1.29, 1.82) is 0 Å². The Bertz CT molecular complexity index is 627. The average molecular weight is 439 g/mol. The van der Waals surface area contributed by atoms with Crippen molar-refractivity contribution in [2.75, 3.05) is 33.4 Å². The average Bonchev–Trinajstić information content (AvgIpc) is 2.60. The minimum Gasteiger partial charge on any atom is -0.350 e. The summed E-state index contributed by atoms with van der Waals surface area (Å²) in [7, 11) is 1.94. The van der Waals surface area contributed by atoms with Gasteiger partial charge in [0.15, 0.2) is 5.79 Å². The molecule has 27 heavy (non-hydrogen) atoms. The van der Waals surface area contributed by atoms with Crippen molar-refractivity contribution < 1.29 is 14.3 Å². The second kappa shape index (κ2) is 9.03. The molecule has 1 amide bonds. The lowest BCUT2D eigenvalue weighted by molar-refractivity contribution is -0.262. The third-order valence-corrected chi connectivity index (χ3v) is 6.40. The Labute approximate surface area is 171 Å². The van der Waals surface area contributed by atoms with Crippen LogP contribution in [-0.4, -0.2) is 66.9 Å². The lowest BCUT2D eigenvalue weighted by atomic mass is 9.82. The monoisotopic (exact) mass is 438 g/mol. The topological polar surface area (TPSA) is 42.0 Å². The number of amides is 1. The van der Waals surface area contributed by atoms with Gasteiger partial charge in [0, 0.05) is 55.2 Å². The molecule has 1 aliphatic carbocycles. The summed E-state index contributed by atoms with van der Waals surface area (Å²) in [5.74, 6) is -0.430. The maximum atomic E-state index is 13.1. The molecule has 5 nitrogen and oxygen atoms in total. The van der Waals surface area contributed by atoms with Crippen molar-refractivity contribution in [3.05, 3.63) is 34.3 Å². The molecule has 2 atom stereocenters. The van der Waals surface area contributed by atoms with Crippen LogP contribution in [0.2, 0.25) is 0 Å². The van der Waals surface area contributed by atoms with Crippen LogP contribution < -0.4 is 0 Å². The van der Waals surface area contributed by atoms with Crippen molar-refractivity contribution in [3.63, 3.8) is 0 Å². The third-order valence-electron chi connectivity index (χ3n) is 5.87. The summed E-state index contributed by atoms with van der Waals surface area (Å²) < 4.78 is 13.2. The fourth-order valence-electron chi connectivity index (χ4n) is 4.39. The minimum atomic E-state index is -0.512. The summed E-state index contributed by atoms with van der Waals surface area (Å²) in [5.41, 5.74) is 0.731. The van der Waals surface area contributed by atoms with Gasteiger partial charge in [-0.2, -0.15) is 0 Å². The predicted octanol–water partition coefficient (Wildman–Crippen LogP) is 3.92. The molecule has 0 aromatic heterocycles. The van der Waals surface area contributed by atoms with Gasteiger partial charge in [0.1, 0.15) is 0 Å². The summed E-state index contributed by atoms with van der Waals surface area (Å²) in [6, 6.07) is 8.06. The molecule has 0 N–H and O–H groups in total. The number of hydrogen-bond acceptors (Lipinski definition) is 4. The largest absolute Gasteiger partial charge is 0.350 e. The molecular formula is C21H31BrN2O3. The van der Waals surface area contributed by atoms with Gasteiger partial charge in [-0.3, -0.25) is 9.69 Å². The lowest BCUT2D eigenvalue weighted by Gasteiger charge is -2.52. The first-order chi connectivity index (χ1) is 13.0. The van der Waals surface area contributed by atoms with Crippen molar-refractivity contribution in [2.24, 2.45) is 0 Å². The zero-order valence-corrected chi connectivity index (χ0v) is 18.2. The molecule has 6 heteroatoms. The van der Waals surface area contributed by atoms with E-state index in [1.165, 1.54) is 6.42 Å². The number of benzene rings is 1. The summed E-state index contributed by atoms with van der Waals surface area (Å²) in [4.78, 5) is 17.5. The number of likely N-dealkylation sites (N-methyl/N-ethyl adjacent to an activating group) is 1. The lowest BCUT2D eigenvalue weighted by Crippen LogP contribution is -2.62. The smallest absolute Gasteiger partial charge is 0.253 e. The van der Waals surface area contributed by atoms with Gasteiger partial charge in [-0.25, -0.2) is 0 Å². The molecule has 2 unspecified atom stereocenters. The van der Waals surface area contributed by atoms with Gasteiger partial charge in [0.25, 0.3) is 5.91 Å². The number of rotatable bonds is 7. The Morgan fingerprint density at radius 2 is 1.85 bits per heavy atom. The van der Waals surface area contributed by atoms with Crippen LogP contribution in [-0.2, 0) is 9.47 Å². The van der Waals surface area contributed by atoms with Crippen LogP contribution >= 0.6 is 15.9 Å². The standard InChI is InChI=1S/C21H31BrN2O3/c1-4-26-21(27-5-2)12-11-18(19(15-21)24-13-6-14-24)23(3)20(25)16-7-9-17(22)10-8-16/h7-10,18-19H,4-6,11-15H2,1-3H3. The zero-order chi connectivity index (χ0) is 19.4. The first-order valence-corrected chi connectivity index (χ1v) is 10.8. The van der Waals surface area contributed by atoms with Crippen LogP contribution in [0.3, 0.4) is 0 Å². The van der Waals surface area contributed by atoms with Gasteiger partial charge in [-0.15, -0.1) is 0 Å². The normalized spacial score (nSPS) is 25.0. The Hall–Kier alpha value is -0.950. The number of carbonyl (C=O) groups is 1. The SMILES string of the molecule is CCOC1(OCC)CCC(N(C)C(=O)c2ccc(Br)cc2)C(N2CCC2)C1. The summed E-state index contributed by atoms with van der Waals surface area (Å²) >= 11 is 3.44. The Morgan fingerprint density at radius 3 is 2.37 bits per heavy atom. The second-order valence-electron chi connectivity index (χ2n) is 7.47. The molecule has 2 fully saturated rings. The molecule has 0 bridgehead atoms. The fourth-order valence-corrected chi connectivity index (χ4v) is 4.65. The Balaban J connectivity index is 1.78. The highest BCUT2D eigenvalue weighted by Gasteiger charge is 2.47. The van der Waals surface area contributed by atoms with Gasteiger partial charge in [0.05, 0.1) is 0 Å². The molecule has 150 valence electrons. The summed E-state index contributed by atoms with van der Waals surface area (Å²) in [6.07, 6.45) is 3.75. The molecule has 1 saturated heterocycles. The van der Waals surface area contributed by atoms with Gasteiger partial charge < -0.3 is 14.4 Å². The van der Waals surface area contributed by atoms with Crippen molar-refractivity contribution in [3.8, 4) is 0 Å². The maximum absolute atomic E-state index is 13.1. The highest BCUT2D eigenvalue weighted by molar-refractivity contribution is 9.10. The molecule has 3 rings (SSSR count). The molecule has 1 aromatic rings. The van der Waals surface area contributed by atoms with Gasteiger partial charge in [0.2, 0.25) is 0 Å².